The zero-order chi connectivity index (χ0) is 19.2. The molecule has 5 nitrogen and oxygen atoms in total. The van der Waals surface area contributed by atoms with E-state index in [2.05, 4.69) is 15.1 Å². The Labute approximate surface area is 164 Å². The van der Waals surface area contributed by atoms with Crippen LogP contribution in [0.3, 0.4) is 0 Å². The van der Waals surface area contributed by atoms with Crippen molar-refractivity contribution in [2.24, 2.45) is 0 Å². The third kappa shape index (κ3) is 4.87. The summed E-state index contributed by atoms with van der Waals surface area (Å²) in [4.78, 5) is 4.42. The molecular formula is C20H24FN3O2S. The van der Waals surface area contributed by atoms with Gasteiger partial charge < -0.3 is 19.7 Å². The molecule has 1 fully saturated rings. The molecule has 0 unspecified atom stereocenters. The van der Waals surface area contributed by atoms with E-state index in [1.165, 1.54) is 6.07 Å². The fraction of sp³-hybridized carbons (Fsp3) is 0.350. The van der Waals surface area contributed by atoms with Crippen LogP contribution in [0.5, 0.6) is 11.5 Å². The molecular weight excluding hydrogens is 365 g/mol. The summed E-state index contributed by atoms with van der Waals surface area (Å²) in [5, 5.41) is 3.56. The van der Waals surface area contributed by atoms with Gasteiger partial charge >= 0.3 is 0 Å². The van der Waals surface area contributed by atoms with Crippen LogP contribution in [0.2, 0.25) is 0 Å². The zero-order valence-electron chi connectivity index (χ0n) is 15.6. The van der Waals surface area contributed by atoms with Gasteiger partial charge in [0.05, 0.1) is 19.9 Å². The molecule has 1 N–H and O–H groups in total. The van der Waals surface area contributed by atoms with Crippen LogP contribution >= 0.6 is 12.2 Å². The van der Waals surface area contributed by atoms with Crippen LogP contribution in [0.15, 0.2) is 42.5 Å². The van der Waals surface area contributed by atoms with Gasteiger partial charge in [0.2, 0.25) is 0 Å². The highest BCUT2D eigenvalue weighted by molar-refractivity contribution is 7.80. The van der Waals surface area contributed by atoms with E-state index < -0.39 is 0 Å². The molecule has 0 aromatic heterocycles. The molecule has 3 rings (SSSR count). The van der Waals surface area contributed by atoms with Crippen molar-refractivity contribution in [2.75, 3.05) is 45.7 Å². The SMILES string of the molecule is COc1ccc(OC)c(CN2CCN(C(=S)Nc3ccccc3F)CC2)c1. The van der Waals surface area contributed by atoms with Crippen molar-refractivity contribution >= 4 is 23.0 Å². The van der Waals surface area contributed by atoms with Crippen LogP contribution in [-0.4, -0.2) is 55.3 Å². The minimum absolute atomic E-state index is 0.302. The van der Waals surface area contributed by atoms with Crippen molar-refractivity contribution in [3.8, 4) is 11.5 Å². The Kier molecular flexibility index (Phi) is 6.47. The van der Waals surface area contributed by atoms with Gasteiger partial charge in [0.1, 0.15) is 17.3 Å². The number of hydrogen-bond acceptors (Lipinski definition) is 4. The third-order valence-corrected chi connectivity index (χ3v) is 5.02. The van der Waals surface area contributed by atoms with E-state index in [9.17, 15) is 4.39 Å². The predicted molar refractivity (Wildman–Crippen MR) is 109 cm³/mol. The first-order valence-corrected chi connectivity index (χ1v) is 9.25. The normalized spacial score (nSPS) is 14.7. The number of ether oxygens (including phenoxy) is 2. The maximum atomic E-state index is 13.8. The smallest absolute Gasteiger partial charge is 0.173 e. The molecule has 0 atom stereocenters. The Morgan fingerprint density at radius 2 is 1.81 bits per heavy atom. The first kappa shape index (κ1) is 19.4. The van der Waals surface area contributed by atoms with Gasteiger partial charge in [-0.15, -0.1) is 0 Å². The lowest BCUT2D eigenvalue weighted by atomic mass is 10.1. The first-order valence-electron chi connectivity index (χ1n) is 8.84. The largest absolute Gasteiger partial charge is 0.497 e. The van der Waals surface area contributed by atoms with Gasteiger partial charge in [-0.3, -0.25) is 4.90 Å². The number of thiocarbonyl (C=S) groups is 1. The number of nitrogens with one attached hydrogen (secondary N) is 1. The standard InChI is InChI=1S/C20H24FN3O2S/c1-25-16-7-8-19(26-2)15(13-16)14-23-9-11-24(12-10-23)20(27)22-18-6-4-3-5-17(18)21/h3-8,13H,9-12,14H2,1-2H3,(H,22,27). The molecule has 0 bridgehead atoms. The Morgan fingerprint density at radius 1 is 1.07 bits per heavy atom. The topological polar surface area (TPSA) is 37.0 Å². The molecule has 1 heterocycles. The van der Waals surface area contributed by atoms with Gasteiger partial charge in [0.15, 0.2) is 5.11 Å². The van der Waals surface area contributed by atoms with E-state index in [4.69, 9.17) is 21.7 Å². The number of halogens is 1. The van der Waals surface area contributed by atoms with Crippen molar-refractivity contribution < 1.29 is 13.9 Å². The summed E-state index contributed by atoms with van der Waals surface area (Å²) in [6.07, 6.45) is 0. The average Bonchev–Trinajstić information content (AvgIpc) is 2.70. The first-order chi connectivity index (χ1) is 13.1. The fourth-order valence-electron chi connectivity index (χ4n) is 3.11. The van der Waals surface area contributed by atoms with Crippen molar-refractivity contribution in [3.63, 3.8) is 0 Å². The van der Waals surface area contributed by atoms with Gasteiger partial charge in [-0.1, -0.05) is 12.1 Å². The highest BCUT2D eigenvalue weighted by atomic mass is 32.1. The quantitative estimate of drug-likeness (QED) is 0.791. The van der Waals surface area contributed by atoms with Gasteiger partial charge in [-0.2, -0.15) is 0 Å². The summed E-state index contributed by atoms with van der Waals surface area (Å²) in [6.45, 7) is 4.07. The van der Waals surface area contributed by atoms with Crippen LogP contribution in [-0.2, 0) is 6.54 Å². The number of nitrogens with zero attached hydrogens (tertiary/aromatic N) is 2. The zero-order valence-corrected chi connectivity index (χ0v) is 16.4. The van der Waals surface area contributed by atoms with Gasteiger partial charge in [-0.05, 0) is 42.5 Å². The molecule has 144 valence electrons. The van der Waals surface area contributed by atoms with Crippen molar-refractivity contribution in [1.29, 1.82) is 0 Å². The van der Waals surface area contributed by atoms with Crippen molar-refractivity contribution in [2.45, 2.75) is 6.54 Å². The second kappa shape index (κ2) is 9.01. The monoisotopic (exact) mass is 389 g/mol. The van der Waals surface area contributed by atoms with E-state index in [1.54, 1.807) is 32.4 Å². The Hall–Kier alpha value is -2.38. The number of rotatable bonds is 5. The molecule has 0 saturated carbocycles. The summed E-state index contributed by atoms with van der Waals surface area (Å²) in [6, 6.07) is 12.4. The lowest BCUT2D eigenvalue weighted by Crippen LogP contribution is -2.49. The van der Waals surface area contributed by atoms with Crippen LogP contribution in [0, 0.1) is 5.82 Å². The molecule has 0 aliphatic carbocycles. The van der Waals surface area contributed by atoms with Gasteiger partial charge in [-0.25, -0.2) is 4.39 Å². The van der Waals surface area contributed by atoms with Gasteiger partial charge in [0, 0.05) is 38.3 Å². The van der Waals surface area contributed by atoms with E-state index in [0.29, 0.717) is 10.8 Å². The van der Waals surface area contributed by atoms with E-state index in [0.717, 1.165) is 49.8 Å². The van der Waals surface area contributed by atoms with Crippen LogP contribution in [0.4, 0.5) is 10.1 Å². The van der Waals surface area contributed by atoms with Crippen molar-refractivity contribution in [1.82, 2.24) is 9.80 Å². The molecule has 1 saturated heterocycles. The Balaban J connectivity index is 1.56. The molecule has 2 aromatic carbocycles. The lowest BCUT2D eigenvalue weighted by Gasteiger charge is -2.36. The minimum atomic E-state index is -0.302. The third-order valence-electron chi connectivity index (χ3n) is 4.66. The highest BCUT2D eigenvalue weighted by Crippen LogP contribution is 2.25. The molecule has 7 heteroatoms. The number of methoxy groups -OCH3 is 2. The Morgan fingerprint density at radius 3 is 2.48 bits per heavy atom. The summed E-state index contributed by atoms with van der Waals surface area (Å²) in [5.41, 5.74) is 1.50. The van der Waals surface area contributed by atoms with Crippen LogP contribution < -0.4 is 14.8 Å². The summed E-state index contributed by atoms with van der Waals surface area (Å²) >= 11 is 5.45. The predicted octanol–water partition coefficient (Wildman–Crippen LogP) is 3.36. The van der Waals surface area contributed by atoms with E-state index >= 15 is 0 Å². The lowest BCUT2D eigenvalue weighted by molar-refractivity contribution is 0.175. The maximum Gasteiger partial charge on any atom is 0.173 e. The average molecular weight is 389 g/mol. The highest BCUT2D eigenvalue weighted by Gasteiger charge is 2.20. The number of hydrogen-bond donors (Lipinski definition) is 1. The van der Waals surface area contributed by atoms with Gasteiger partial charge in [0.25, 0.3) is 0 Å². The second-order valence-electron chi connectivity index (χ2n) is 6.35. The molecule has 0 amide bonds. The van der Waals surface area contributed by atoms with Crippen molar-refractivity contribution in [3.05, 3.63) is 53.8 Å². The maximum absolute atomic E-state index is 13.8. The van der Waals surface area contributed by atoms with E-state index in [1.807, 2.05) is 18.2 Å². The molecule has 0 radical (unpaired) electrons. The second-order valence-corrected chi connectivity index (χ2v) is 6.74. The van der Waals surface area contributed by atoms with Crippen LogP contribution in [0.1, 0.15) is 5.56 Å². The number of piperazine rings is 1. The van der Waals surface area contributed by atoms with E-state index in [-0.39, 0.29) is 5.82 Å². The molecule has 1 aliphatic rings. The summed E-state index contributed by atoms with van der Waals surface area (Å²) in [7, 11) is 3.34. The number of benzene rings is 2. The molecule has 0 spiro atoms. The minimum Gasteiger partial charge on any atom is -0.497 e. The summed E-state index contributed by atoms with van der Waals surface area (Å²) < 4.78 is 24.6. The molecule has 1 aliphatic heterocycles. The van der Waals surface area contributed by atoms with Crippen LogP contribution in [0.25, 0.3) is 0 Å². The Bertz CT molecular complexity index is 795. The fourth-order valence-corrected chi connectivity index (χ4v) is 3.40. The number of anilines is 1. The summed E-state index contributed by atoms with van der Waals surface area (Å²) in [5.74, 6) is 1.37. The number of para-hydroxylation sites is 1. The molecule has 27 heavy (non-hydrogen) atoms. The molecule has 2 aromatic rings.